The molecule has 0 atom stereocenters. The smallest absolute Gasteiger partial charge is 0.312 e. The van der Waals surface area contributed by atoms with Crippen molar-refractivity contribution in [1.29, 1.82) is 0 Å². The SMILES string of the molecule is COc1cccc(CNC(=O)CN2CCN(Cc3ccccc3)C(=O)C2=O)c1. The maximum absolute atomic E-state index is 12.4. The van der Waals surface area contributed by atoms with Crippen LogP contribution < -0.4 is 10.1 Å². The summed E-state index contributed by atoms with van der Waals surface area (Å²) in [5.74, 6) is -0.808. The van der Waals surface area contributed by atoms with Crippen LogP contribution in [0.2, 0.25) is 0 Å². The highest BCUT2D eigenvalue weighted by Gasteiger charge is 2.33. The van der Waals surface area contributed by atoms with Gasteiger partial charge in [0.25, 0.3) is 0 Å². The zero-order valence-electron chi connectivity index (χ0n) is 15.8. The molecule has 0 saturated carbocycles. The predicted molar refractivity (Wildman–Crippen MR) is 103 cm³/mol. The van der Waals surface area contributed by atoms with E-state index in [1.165, 1.54) is 9.80 Å². The van der Waals surface area contributed by atoms with Crippen LogP contribution in [0.5, 0.6) is 5.75 Å². The van der Waals surface area contributed by atoms with Crippen LogP contribution in [0.15, 0.2) is 54.6 Å². The van der Waals surface area contributed by atoms with Crippen LogP contribution in [0, 0.1) is 0 Å². The Morgan fingerprint density at radius 2 is 1.64 bits per heavy atom. The van der Waals surface area contributed by atoms with Crippen LogP contribution >= 0.6 is 0 Å². The molecular formula is C21H23N3O4. The first-order valence-corrected chi connectivity index (χ1v) is 9.08. The Bertz CT molecular complexity index is 854. The first-order valence-electron chi connectivity index (χ1n) is 9.08. The number of ether oxygens (including phenoxy) is 1. The molecule has 3 rings (SSSR count). The van der Waals surface area contributed by atoms with Gasteiger partial charge in [-0.15, -0.1) is 0 Å². The minimum Gasteiger partial charge on any atom is -0.497 e. The summed E-state index contributed by atoms with van der Waals surface area (Å²) in [6.45, 7) is 1.33. The molecular weight excluding hydrogens is 358 g/mol. The first-order chi connectivity index (χ1) is 13.6. The average Bonchev–Trinajstić information content (AvgIpc) is 2.73. The number of amides is 3. The molecule has 1 heterocycles. The second kappa shape index (κ2) is 9.03. The summed E-state index contributed by atoms with van der Waals surface area (Å²) in [4.78, 5) is 39.7. The molecule has 0 spiro atoms. The van der Waals surface area contributed by atoms with E-state index in [1.54, 1.807) is 7.11 Å². The second-order valence-electron chi connectivity index (χ2n) is 6.57. The molecule has 1 saturated heterocycles. The normalized spacial score (nSPS) is 14.2. The van der Waals surface area contributed by atoms with Gasteiger partial charge in [0.05, 0.1) is 7.11 Å². The fraction of sp³-hybridized carbons (Fsp3) is 0.286. The lowest BCUT2D eigenvalue weighted by molar-refractivity contribution is -0.157. The fourth-order valence-electron chi connectivity index (χ4n) is 3.03. The van der Waals surface area contributed by atoms with Crippen LogP contribution in [0.4, 0.5) is 0 Å². The van der Waals surface area contributed by atoms with Gasteiger partial charge in [-0.1, -0.05) is 42.5 Å². The van der Waals surface area contributed by atoms with Gasteiger partial charge in [0, 0.05) is 26.2 Å². The van der Waals surface area contributed by atoms with Gasteiger partial charge in [0.15, 0.2) is 0 Å². The Morgan fingerprint density at radius 3 is 2.39 bits per heavy atom. The monoisotopic (exact) mass is 381 g/mol. The van der Waals surface area contributed by atoms with Gasteiger partial charge < -0.3 is 19.9 Å². The van der Waals surface area contributed by atoms with Crippen LogP contribution in [-0.4, -0.2) is 54.3 Å². The molecule has 1 N–H and O–H groups in total. The van der Waals surface area contributed by atoms with Crippen molar-refractivity contribution in [3.05, 3.63) is 65.7 Å². The Hall–Kier alpha value is -3.35. The van der Waals surface area contributed by atoms with Crippen molar-refractivity contribution < 1.29 is 19.1 Å². The molecule has 1 fully saturated rings. The molecule has 0 unspecified atom stereocenters. The van der Waals surface area contributed by atoms with Crippen molar-refractivity contribution in [2.45, 2.75) is 13.1 Å². The number of nitrogens with one attached hydrogen (secondary N) is 1. The summed E-state index contributed by atoms with van der Waals surface area (Å²) in [6.07, 6.45) is 0. The fourth-order valence-corrected chi connectivity index (χ4v) is 3.03. The molecule has 1 aliphatic heterocycles. The molecule has 7 heteroatoms. The maximum Gasteiger partial charge on any atom is 0.312 e. The molecule has 146 valence electrons. The zero-order valence-corrected chi connectivity index (χ0v) is 15.8. The lowest BCUT2D eigenvalue weighted by atomic mass is 10.2. The van der Waals surface area contributed by atoms with Crippen molar-refractivity contribution in [3.8, 4) is 5.75 Å². The van der Waals surface area contributed by atoms with E-state index in [2.05, 4.69) is 5.32 Å². The summed E-state index contributed by atoms with van der Waals surface area (Å²) in [5.41, 5.74) is 1.86. The number of hydrogen-bond donors (Lipinski definition) is 1. The minimum atomic E-state index is -0.640. The predicted octanol–water partition coefficient (Wildman–Crippen LogP) is 1.18. The minimum absolute atomic E-state index is 0.131. The molecule has 1 aliphatic rings. The van der Waals surface area contributed by atoms with E-state index < -0.39 is 11.8 Å². The van der Waals surface area contributed by atoms with E-state index in [9.17, 15) is 14.4 Å². The molecule has 7 nitrogen and oxygen atoms in total. The summed E-state index contributed by atoms with van der Waals surface area (Å²) in [6, 6.07) is 16.9. The lowest BCUT2D eigenvalue weighted by Crippen LogP contribution is -2.55. The Labute approximate surface area is 163 Å². The Kier molecular flexibility index (Phi) is 6.26. The van der Waals surface area contributed by atoms with Gasteiger partial charge in [-0.2, -0.15) is 0 Å². The molecule has 2 aromatic rings. The first kappa shape index (κ1) is 19.4. The number of benzene rings is 2. The van der Waals surface area contributed by atoms with E-state index in [1.807, 2.05) is 54.6 Å². The zero-order chi connectivity index (χ0) is 19.9. The van der Waals surface area contributed by atoms with Crippen LogP contribution in [0.1, 0.15) is 11.1 Å². The number of carbonyl (C=O) groups excluding carboxylic acids is 3. The van der Waals surface area contributed by atoms with Gasteiger partial charge in [0.2, 0.25) is 5.91 Å². The number of nitrogens with zero attached hydrogens (tertiary/aromatic N) is 2. The summed E-state index contributed by atoms with van der Waals surface area (Å²) in [5, 5.41) is 2.77. The second-order valence-corrected chi connectivity index (χ2v) is 6.57. The molecule has 0 aliphatic carbocycles. The number of methoxy groups -OCH3 is 1. The standard InChI is InChI=1S/C21H23N3O4/c1-28-18-9-5-8-17(12-18)13-22-19(25)15-24-11-10-23(20(26)21(24)27)14-16-6-3-2-4-7-16/h2-9,12H,10-11,13-15H2,1H3,(H,22,25). The van der Waals surface area contributed by atoms with Crippen molar-refractivity contribution in [1.82, 2.24) is 15.1 Å². The third kappa shape index (κ3) is 4.88. The Morgan fingerprint density at radius 1 is 0.964 bits per heavy atom. The van der Waals surface area contributed by atoms with Gasteiger partial charge in [-0.3, -0.25) is 14.4 Å². The summed E-state index contributed by atoms with van der Waals surface area (Å²) < 4.78 is 5.15. The van der Waals surface area contributed by atoms with E-state index in [0.29, 0.717) is 31.9 Å². The van der Waals surface area contributed by atoms with Crippen molar-refractivity contribution >= 4 is 17.7 Å². The van der Waals surface area contributed by atoms with Crippen molar-refractivity contribution in [3.63, 3.8) is 0 Å². The van der Waals surface area contributed by atoms with Gasteiger partial charge in [-0.25, -0.2) is 0 Å². The largest absolute Gasteiger partial charge is 0.497 e. The molecule has 3 amide bonds. The molecule has 2 aromatic carbocycles. The number of hydrogen-bond acceptors (Lipinski definition) is 4. The maximum atomic E-state index is 12.4. The number of piperazine rings is 1. The summed E-state index contributed by atoms with van der Waals surface area (Å²) >= 11 is 0. The third-order valence-electron chi connectivity index (χ3n) is 4.57. The van der Waals surface area contributed by atoms with Gasteiger partial charge in [0.1, 0.15) is 12.3 Å². The van der Waals surface area contributed by atoms with Crippen LogP contribution in [0.25, 0.3) is 0 Å². The van der Waals surface area contributed by atoms with Gasteiger partial charge in [-0.05, 0) is 23.3 Å². The van der Waals surface area contributed by atoms with E-state index in [4.69, 9.17) is 4.74 Å². The topological polar surface area (TPSA) is 79.0 Å². The average molecular weight is 381 g/mol. The quantitative estimate of drug-likeness (QED) is 0.731. The molecule has 0 radical (unpaired) electrons. The van der Waals surface area contributed by atoms with Crippen molar-refractivity contribution in [2.75, 3.05) is 26.7 Å². The van der Waals surface area contributed by atoms with Crippen LogP contribution in [0.3, 0.4) is 0 Å². The van der Waals surface area contributed by atoms with Gasteiger partial charge >= 0.3 is 11.8 Å². The number of carbonyl (C=O) groups is 3. The highest BCUT2D eigenvalue weighted by atomic mass is 16.5. The third-order valence-corrected chi connectivity index (χ3v) is 4.57. The van der Waals surface area contributed by atoms with E-state index in [0.717, 1.165) is 11.1 Å². The van der Waals surface area contributed by atoms with E-state index >= 15 is 0 Å². The molecule has 0 aromatic heterocycles. The Balaban J connectivity index is 1.50. The highest BCUT2D eigenvalue weighted by Crippen LogP contribution is 2.13. The molecule has 28 heavy (non-hydrogen) atoms. The summed E-state index contributed by atoms with van der Waals surface area (Å²) in [7, 11) is 1.58. The van der Waals surface area contributed by atoms with Crippen molar-refractivity contribution in [2.24, 2.45) is 0 Å². The lowest BCUT2D eigenvalue weighted by Gasteiger charge is -2.33. The van der Waals surface area contributed by atoms with E-state index in [-0.39, 0.29) is 12.5 Å². The van der Waals surface area contributed by atoms with Crippen LogP contribution in [-0.2, 0) is 27.5 Å². The highest BCUT2D eigenvalue weighted by molar-refractivity contribution is 6.35. The number of rotatable bonds is 7. The molecule has 0 bridgehead atoms.